The van der Waals surface area contributed by atoms with Crippen LogP contribution < -0.4 is 10.1 Å². The van der Waals surface area contributed by atoms with Gasteiger partial charge in [-0.3, -0.25) is 14.9 Å². The zero-order chi connectivity index (χ0) is 18.0. The lowest BCUT2D eigenvalue weighted by Gasteiger charge is -2.18. The number of amides is 2. The molecule has 1 aliphatic rings. The Balaban J connectivity index is 1.77. The summed E-state index contributed by atoms with van der Waals surface area (Å²) in [4.78, 5) is 29.3. The number of carbonyl (C=O) groups is 2. The van der Waals surface area contributed by atoms with Crippen molar-refractivity contribution in [3.05, 3.63) is 29.1 Å². The summed E-state index contributed by atoms with van der Waals surface area (Å²) < 4.78 is 5.16. The molecule has 0 radical (unpaired) electrons. The molecule has 1 aromatic carbocycles. The standard InChI is InChI=1S/C17H18N4O3S/c1-10-15(11-4-6-12(24-3)7-5-11)18-17(25-10)19-16(23)13-8-9-14(22)21(2)20-13/h4-7H,8-9H2,1-3H3,(H,18,19,23). The van der Waals surface area contributed by atoms with Crippen LogP contribution in [0.1, 0.15) is 17.7 Å². The molecule has 130 valence electrons. The Kier molecular flexibility index (Phi) is 4.80. The highest BCUT2D eigenvalue weighted by Crippen LogP contribution is 2.31. The zero-order valence-corrected chi connectivity index (χ0v) is 15.0. The Labute approximate surface area is 149 Å². The van der Waals surface area contributed by atoms with Crippen LogP contribution in [0.5, 0.6) is 5.75 Å². The van der Waals surface area contributed by atoms with Gasteiger partial charge in [-0.25, -0.2) is 9.99 Å². The van der Waals surface area contributed by atoms with E-state index in [1.807, 2.05) is 31.2 Å². The monoisotopic (exact) mass is 358 g/mol. The fourth-order valence-electron chi connectivity index (χ4n) is 2.47. The lowest BCUT2D eigenvalue weighted by atomic mass is 10.1. The minimum absolute atomic E-state index is 0.0940. The van der Waals surface area contributed by atoms with Crippen LogP contribution in [0.3, 0.4) is 0 Å². The van der Waals surface area contributed by atoms with Gasteiger partial charge in [0.25, 0.3) is 5.91 Å². The van der Waals surface area contributed by atoms with Crippen LogP contribution in [0.15, 0.2) is 29.4 Å². The Hall–Kier alpha value is -2.74. The predicted octanol–water partition coefficient (Wildman–Crippen LogP) is 2.67. The molecule has 2 heterocycles. The van der Waals surface area contributed by atoms with Crippen molar-refractivity contribution in [1.82, 2.24) is 9.99 Å². The maximum atomic E-state index is 12.3. The minimum atomic E-state index is -0.325. The third-order valence-corrected chi connectivity index (χ3v) is 4.74. The second kappa shape index (κ2) is 7.02. The molecule has 0 aliphatic carbocycles. The van der Waals surface area contributed by atoms with E-state index in [-0.39, 0.29) is 18.2 Å². The summed E-state index contributed by atoms with van der Waals surface area (Å²) in [6.45, 7) is 1.96. The third kappa shape index (κ3) is 3.69. The first-order valence-electron chi connectivity index (χ1n) is 7.75. The highest BCUT2D eigenvalue weighted by molar-refractivity contribution is 7.16. The summed E-state index contributed by atoms with van der Waals surface area (Å²) in [6, 6.07) is 7.60. The fraction of sp³-hybridized carbons (Fsp3) is 0.294. The van der Waals surface area contributed by atoms with Gasteiger partial charge in [-0.1, -0.05) is 0 Å². The SMILES string of the molecule is COc1ccc(-c2nc(NC(=O)C3=NN(C)C(=O)CC3)sc2C)cc1. The number of hydrogen-bond donors (Lipinski definition) is 1. The average molecular weight is 358 g/mol. The number of anilines is 1. The van der Waals surface area contributed by atoms with Crippen LogP contribution in [-0.4, -0.2) is 41.7 Å². The van der Waals surface area contributed by atoms with Crippen molar-refractivity contribution >= 4 is 34.0 Å². The Morgan fingerprint density at radius 3 is 2.64 bits per heavy atom. The van der Waals surface area contributed by atoms with Crippen LogP contribution in [0.2, 0.25) is 0 Å². The molecule has 0 unspecified atom stereocenters. The molecule has 0 spiro atoms. The quantitative estimate of drug-likeness (QED) is 0.911. The highest BCUT2D eigenvalue weighted by Gasteiger charge is 2.23. The van der Waals surface area contributed by atoms with E-state index < -0.39 is 0 Å². The number of rotatable bonds is 4. The summed E-state index contributed by atoms with van der Waals surface area (Å²) in [5.74, 6) is 0.358. The van der Waals surface area contributed by atoms with Gasteiger partial charge in [-0.2, -0.15) is 5.10 Å². The summed E-state index contributed by atoms with van der Waals surface area (Å²) in [5.41, 5.74) is 2.11. The van der Waals surface area contributed by atoms with Gasteiger partial charge in [0.05, 0.1) is 12.8 Å². The highest BCUT2D eigenvalue weighted by atomic mass is 32.1. The molecule has 0 atom stereocenters. The Bertz CT molecular complexity index is 842. The molecule has 1 aromatic heterocycles. The number of hydrogen-bond acceptors (Lipinski definition) is 6. The predicted molar refractivity (Wildman–Crippen MR) is 96.9 cm³/mol. The molecule has 0 bridgehead atoms. The van der Waals surface area contributed by atoms with Crippen molar-refractivity contribution in [2.75, 3.05) is 19.5 Å². The molecule has 0 saturated carbocycles. The van der Waals surface area contributed by atoms with Crippen molar-refractivity contribution in [3.63, 3.8) is 0 Å². The molecular weight excluding hydrogens is 340 g/mol. The first kappa shape index (κ1) is 17.1. The van der Waals surface area contributed by atoms with Gasteiger partial charge < -0.3 is 4.74 Å². The normalized spacial score (nSPS) is 14.3. The number of nitrogens with zero attached hydrogens (tertiary/aromatic N) is 3. The van der Waals surface area contributed by atoms with Crippen molar-refractivity contribution in [3.8, 4) is 17.0 Å². The fourth-order valence-corrected chi connectivity index (χ4v) is 3.30. The smallest absolute Gasteiger partial charge is 0.273 e. The van der Waals surface area contributed by atoms with E-state index in [0.29, 0.717) is 17.3 Å². The molecule has 8 heteroatoms. The average Bonchev–Trinajstić information content (AvgIpc) is 2.97. The van der Waals surface area contributed by atoms with Crippen molar-refractivity contribution in [2.24, 2.45) is 5.10 Å². The van der Waals surface area contributed by atoms with Gasteiger partial charge in [0.1, 0.15) is 11.5 Å². The number of hydrazone groups is 1. The van der Waals surface area contributed by atoms with E-state index in [4.69, 9.17) is 4.74 Å². The summed E-state index contributed by atoms with van der Waals surface area (Å²) in [7, 11) is 3.17. The number of aryl methyl sites for hydroxylation is 1. The number of benzene rings is 1. The number of carbonyl (C=O) groups excluding carboxylic acids is 2. The van der Waals surface area contributed by atoms with E-state index in [1.165, 1.54) is 16.3 Å². The topological polar surface area (TPSA) is 83.9 Å². The molecule has 1 aliphatic heterocycles. The van der Waals surface area contributed by atoms with E-state index in [9.17, 15) is 9.59 Å². The largest absolute Gasteiger partial charge is 0.497 e. The maximum absolute atomic E-state index is 12.3. The van der Waals surface area contributed by atoms with Crippen molar-refractivity contribution < 1.29 is 14.3 Å². The van der Waals surface area contributed by atoms with Gasteiger partial charge in [0, 0.05) is 30.3 Å². The lowest BCUT2D eigenvalue weighted by molar-refractivity contribution is -0.130. The number of nitrogens with one attached hydrogen (secondary N) is 1. The molecule has 25 heavy (non-hydrogen) atoms. The van der Waals surface area contributed by atoms with Crippen molar-refractivity contribution in [2.45, 2.75) is 19.8 Å². The van der Waals surface area contributed by atoms with Gasteiger partial charge >= 0.3 is 0 Å². The molecule has 3 rings (SSSR count). The van der Waals surface area contributed by atoms with Gasteiger partial charge in [0.15, 0.2) is 5.13 Å². The molecule has 7 nitrogen and oxygen atoms in total. The molecule has 0 saturated heterocycles. The summed E-state index contributed by atoms with van der Waals surface area (Å²) in [6.07, 6.45) is 0.626. The van der Waals surface area contributed by atoms with E-state index >= 15 is 0 Å². The summed E-state index contributed by atoms with van der Waals surface area (Å²) >= 11 is 1.40. The lowest BCUT2D eigenvalue weighted by Crippen LogP contribution is -2.34. The molecule has 2 amide bonds. The summed E-state index contributed by atoms with van der Waals surface area (Å²) in [5, 5.41) is 8.51. The van der Waals surface area contributed by atoms with Crippen LogP contribution in [0.4, 0.5) is 5.13 Å². The first-order chi connectivity index (χ1) is 12.0. The minimum Gasteiger partial charge on any atom is -0.497 e. The van der Waals surface area contributed by atoms with E-state index in [2.05, 4.69) is 15.4 Å². The van der Waals surface area contributed by atoms with E-state index in [0.717, 1.165) is 21.9 Å². The molecular formula is C17H18N4O3S. The maximum Gasteiger partial charge on any atom is 0.273 e. The molecule has 1 N–H and O–H groups in total. The van der Waals surface area contributed by atoms with Crippen LogP contribution in [0, 0.1) is 6.92 Å². The van der Waals surface area contributed by atoms with Gasteiger partial charge in [0.2, 0.25) is 5.91 Å². The second-order valence-electron chi connectivity index (χ2n) is 5.57. The van der Waals surface area contributed by atoms with E-state index in [1.54, 1.807) is 14.2 Å². The number of aromatic nitrogens is 1. The Morgan fingerprint density at radius 2 is 2.00 bits per heavy atom. The Morgan fingerprint density at radius 1 is 1.28 bits per heavy atom. The third-order valence-electron chi connectivity index (χ3n) is 3.85. The number of ether oxygens (including phenoxy) is 1. The van der Waals surface area contributed by atoms with Gasteiger partial charge in [-0.15, -0.1) is 11.3 Å². The van der Waals surface area contributed by atoms with Crippen molar-refractivity contribution in [1.29, 1.82) is 0 Å². The van der Waals surface area contributed by atoms with Gasteiger partial charge in [-0.05, 0) is 31.2 Å². The number of thiazole rings is 1. The number of methoxy groups -OCH3 is 1. The molecule has 0 fully saturated rings. The van der Waals surface area contributed by atoms with Crippen LogP contribution >= 0.6 is 11.3 Å². The van der Waals surface area contributed by atoms with Crippen LogP contribution in [0.25, 0.3) is 11.3 Å². The first-order valence-corrected chi connectivity index (χ1v) is 8.57. The second-order valence-corrected chi connectivity index (χ2v) is 6.77. The zero-order valence-electron chi connectivity index (χ0n) is 14.2. The van der Waals surface area contributed by atoms with Crippen LogP contribution in [-0.2, 0) is 9.59 Å². The molecule has 2 aromatic rings.